The Morgan fingerprint density at radius 2 is 2.07 bits per heavy atom. The number of hydrogen-bond donors (Lipinski definition) is 2. The summed E-state index contributed by atoms with van der Waals surface area (Å²) in [7, 11) is 0. The standard InChI is InChI=1S/C25H33N3O/c1-4-10-17(5-2)24(22-15-18-11-7-8-12-19(18)27-22)25-23(29-6-3)16-21(28-25)20-13-9-14-26-20/h9,13-17,26-27H,4-8,10-12H2,1-3H3/b25-24+. The number of nitrogens with one attached hydrogen (secondary N) is 2. The lowest BCUT2D eigenvalue weighted by Crippen LogP contribution is -2.07. The number of rotatable bonds is 8. The van der Waals surface area contributed by atoms with Gasteiger partial charge >= 0.3 is 0 Å². The van der Waals surface area contributed by atoms with Crippen molar-refractivity contribution in [3.63, 3.8) is 0 Å². The van der Waals surface area contributed by atoms with Crippen LogP contribution in [0.4, 0.5) is 0 Å². The Kier molecular flexibility index (Phi) is 6.08. The molecule has 0 saturated carbocycles. The number of allylic oxidation sites excluding steroid dienone is 2. The van der Waals surface area contributed by atoms with E-state index in [-0.39, 0.29) is 0 Å². The SMILES string of the molecule is CCCC(CC)/C(=C1\N=C(c2ccc[nH]2)C=C1OCC)c1cc2c([nH]1)CCCC2. The third-order valence-electron chi connectivity index (χ3n) is 6.11. The van der Waals surface area contributed by atoms with Crippen LogP contribution in [0.25, 0.3) is 5.57 Å². The molecule has 2 aromatic rings. The van der Waals surface area contributed by atoms with Gasteiger partial charge in [0.1, 0.15) is 11.5 Å². The summed E-state index contributed by atoms with van der Waals surface area (Å²) in [6.07, 6.45) is 12.4. The second-order valence-corrected chi connectivity index (χ2v) is 8.07. The van der Waals surface area contributed by atoms with Crippen molar-refractivity contribution in [2.45, 2.75) is 65.7 Å². The van der Waals surface area contributed by atoms with Crippen LogP contribution in [0.2, 0.25) is 0 Å². The summed E-state index contributed by atoms with van der Waals surface area (Å²) >= 11 is 0. The second-order valence-electron chi connectivity index (χ2n) is 8.07. The van der Waals surface area contributed by atoms with Crippen molar-refractivity contribution in [1.29, 1.82) is 0 Å². The number of aliphatic imine (C=N–C) groups is 1. The molecule has 1 unspecified atom stereocenters. The lowest BCUT2D eigenvalue weighted by molar-refractivity contribution is 0.239. The molecule has 0 radical (unpaired) electrons. The quantitative estimate of drug-likeness (QED) is 0.554. The van der Waals surface area contributed by atoms with Crippen LogP contribution < -0.4 is 0 Å². The molecule has 1 atom stereocenters. The number of aromatic amines is 2. The molecule has 0 spiro atoms. The lowest BCUT2D eigenvalue weighted by atomic mass is 9.87. The summed E-state index contributed by atoms with van der Waals surface area (Å²) in [5, 5.41) is 0. The second kappa shape index (κ2) is 8.89. The van der Waals surface area contributed by atoms with E-state index in [9.17, 15) is 0 Å². The Bertz CT molecular complexity index is 904. The van der Waals surface area contributed by atoms with Gasteiger partial charge in [-0.15, -0.1) is 0 Å². The van der Waals surface area contributed by atoms with E-state index in [1.807, 2.05) is 19.2 Å². The van der Waals surface area contributed by atoms with Crippen LogP contribution >= 0.6 is 0 Å². The van der Waals surface area contributed by atoms with Crippen molar-refractivity contribution >= 4 is 11.3 Å². The van der Waals surface area contributed by atoms with Gasteiger partial charge in [-0.1, -0.05) is 20.3 Å². The lowest BCUT2D eigenvalue weighted by Gasteiger charge is -2.20. The molecule has 2 aromatic heterocycles. The van der Waals surface area contributed by atoms with Crippen LogP contribution in [0.3, 0.4) is 0 Å². The van der Waals surface area contributed by atoms with Gasteiger partial charge in [0.25, 0.3) is 0 Å². The molecule has 4 nitrogen and oxygen atoms in total. The van der Waals surface area contributed by atoms with Crippen LogP contribution in [0, 0.1) is 5.92 Å². The molecular weight excluding hydrogens is 358 g/mol. The molecule has 0 saturated heterocycles. The van der Waals surface area contributed by atoms with Gasteiger partial charge in [-0.3, -0.25) is 0 Å². The highest BCUT2D eigenvalue weighted by Crippen LogP contribution is 2.39. The summed E-state index contributed by atoms with van der Waals surface area (Å²) in [5.74, 6) is 1.36. The summed E-state index contributed by atoms with van der Waals surface area (Å²) in [6, 6.07) is 6.47. The van der Waals surface area contributed by atoms with Gasteiger partial charge in [0.15, 0.2) is 0 Å². The van der Waals surface area contributed by atoms with Crippen molar-refractivity contribution in [2.24, 2.45) is 10.9 Å². The fourth-order valence-electron chi connectivity index (χ4n) is 4.68. The Balaban J connectivity index is 1.87. The van der Waals surface area contributed by atoms with E-state index in [2.05, 4.69) is 42.0 Å². The van der Waals surface area contributed by atoms with Crippen LogP contribution in [0.1, 0.15) is 75.5 Å². The summed E-state index contributed by atoms with van der Waals surface area (Å²) < 4.78 is 6.08. The average Bonchev–Trinajstić information content (AvgIpc) is 3.47. The number of nitrogens with zero attached hydrogens (tertiary/aromatic N) is 1. The molecule has 2 aliphatic rings. The van der Waals surface area contributed by atoms with Crippen LogP contribution in [0.5, 0.6) is 0 Å². The zero-order valence-electron chi connectivity index (χ0n) is 18.0. The molecule has 29 heavy (non-hydrogen) atoms. The van der Waals surface area contributed by atoms with E-state index in [1.165, 1.54) is 41.8 Å². The zero-order chi connectivity index (χ0) is 20.2. The third kappa shape index (κ3) is 3.98. The Hall–Kier alpha value is -2.49. The molecule has 0 fully saturated rings. The van der Waals surface area contributed by atoms with Crippen molar-refractivity contribution < 1.29 is 4.74 Å². The highest BCUT2D eigenvalue weighted by molar-refractivity contribution is 6.11. The molecule has 4 rings (SSSR count). The van der Waals surface area contributed by atoms with Gasteiger partial charge in [0, 0.05) is 29.2 Å². The molecule has 3 heterocycles. The molecule has 2 N–H and O–H groups in total. The van der Waals surface area contributed by atoms with E-state index in [0.29, 0.717) is 12.5 Å². The molecule has 4 heteroatoms. The first-order valence-corrected chi connectivity index (χ1v) is 11.3. The van der Waals surface area contributed by atoms with Crippen molar-refractivity contribution in [3.05, 3.63) is 64.6 Å². The summed E-state index contributed by atoms with van der Waals surface area (Å²) in [5.41, 5.74) is 8.47. The zero-order valence-corrected chi connectivity index (χ0v) is 18.0. The summed E-state index contributed by atoms with van der Waals surface area (Å²) in [6.45, 7) is 7.24. The van der Waals surface area contributed by atoms with E-state index in [4.69, 9.17) is 9.73 Å². The van der Waals surface area contributed by atoms with Crippen molar-refractivity contribution in [1.82, 2.24) is 9.97 Å². The number of hydrogen-bond acceptors (Lipinski definition) is 2. The maximum atomic E-state index is 6.08. The topological polar surface area (TPSA) is 53.2 Å². The average molecular weight is 392 g/mol. The summed E-state index contributed by atoms with van der Waals surface area (Å²) in [4.78, 5) is 12.2. The third-order valence-corrected chi connectivity index (χ3v) is 6.11. The van der Waals surface area contributed by atoms with Gasteiger partial charge in [-0.25, -0.2) is 4.99 Å². The Morgan fingerprint density at radius 1 is 1.21 bits per heavy atom. The smallest absolute Gasteiger partial charge is 0.147 e. The Labute approximate surface area is 174 Å². The first-order chi connectivity index (χ1) is 14.2. The fourth-order valence-corrected chi connectivity index (χ4v) is 4.68. The largest absolute Gasteiger partial charge is 0.492 e. The number of ether oxygens (including phenoxy) is 1. The number of aryl methyl sites for hydroxylation is 2. The molecule has 1 aliphatic carbocycles. The predicted octanol–water partition coefficient (Wildman–Crippen LogP) is 6.18. The van der Waals surface area contributed by atoms with E-state index in [0.717, 1.165) is 48.5 Å². The molecule has 1 aliphatic heterocycles. The number of fused-ring (bicyclic) bond motifs is 1. The maximum Gasteiger partial charge on any atom is 0.147 e. The molecule has 0 aromatic carbocycles. The first kappa shape index (κ1) is 19.8. The van der Waals surface area contributed by atoms with Crippen LogP contribution in [-0.2, 0) is 17.6 Å². The minimum absolute atomic E-state index is 0.464. The van der Waals surface area contributed by atoms with E-state index in [1.54, 1.807) is 0 Å². The maximum absolute atomic E-state index is 6.08. The van der Waals surface area contributed by atoms with Crippen LogP contribution in [0.15, 0.2) is 46.9 Å². The van der Waals surface area contributed by atoms with Gasteiger partial charge in [-0.05, 0) is 75.1 Å². The molecule has 0 amide bonds. The van der Waals surface area contributed by atoms with Crippen LogP contribution in [-0.4, -0.2) is 22.3 Å². The minimum atomic E-state index is 0.464. The minimum Gasteiger partial charge on any atom is -0.492 e. The van der Waals surface area contributed by atoms with Gasteiger partial charge in [-0.2, -0.15) is 0 Å². The fraction of sp³-hybridized carbons (Fsp3) is 0.480. The van der Waals surface area contributed by atoms with Gasteiger partial charge in [0.05, 0.1) is 18.0 Å². The van der Waals surface area contributed by atoms with Gasteiger partial charge in [0.2, 0.25) is 0 Å². The molecular formula is C25H33N3O. The normalized spacial score (nSPS) is 18.9. The predicted molar refractivity (Wildman–Crippen MR) is 120 cm³/mol. The van der Waals surface area contributed by atoms with Gasteiger partial charge < -0.3 is 14.7 Å². The van der Waals surface area contributed by atoms with E-state index < -0.39 is 0 Å². The van der Waals surface area contributed by atoms with Crippen molar-refractivity contribution in [3.8, 4) is 0 Å². The highest BCUT2D eigenvalue weighted by Gasteiger charge is 2.28. The number of aromatic nitrogens is 2. The van der Waals surface area contributed by atoms with E-state index >= 15 is 0 Å². The Morgan fingerprint density at radius 3 is 2.76 bits per heavy atom. The number of H-pyrrole nitrogens is 2. The monoisotopic (exact) mass is 391 g/mol. The molecule has 0 bridgehead atoms. The molecule has 154 valence electrons. The highest BCUT2D eigenvalue weighted by atomic mass is 16.5. The first-order valence-electron chi connectivity index (χ1n) is 11.3. The van der Waals surface area contributed by atoms with Crippen molar-refractivity contribution in [2.75, 3.05) is 6.61 Å².